The van der Waals surface area contributed by atoms with Crippen molar-refractivity contribution in [1.82, 2.24) is 19.9 Å². The first kappa shape index (κ1) is 23.3. The minimum absolute atomic E-state index is 0.238. The van der Waals surface area contributed by atoms with Crippen molar-refractivity contribution < 1.29 is 5.11 Å². The van der Waals surface area contributed by atoms with Crippen LogP contribution in [0.5, 0.6) is 0 Å². The first-order chi connectivity index (χ1) is 16.5. The number of nitrogens with zero attached hydrogens (tertiary/aromatic N) is 3. The second-order valence-electron chi connectivity index (χ2n) is 9.84. The fourth-order valence-electron chi connectivity index (χ4n) is 5.69. The molecule has 1 aliphatic heterocycles. The van der Waals surface area contributed by atoms with Gasteiger partial charge in [-0.3, -0.25) is 4.98 Å². The van der Waals surface area contributed by atoms with E-state index in [0.29, 0.717) is 24.5 Å². The minimum Gasteiger partial charge on any atom is -0.383 e. The molecule has 2 N–H and O–H groups in total. The van der Waals surface area contributed by atoms with E-state index in [0.717, 1.165) is 43.1 Å². The predicted octanol–water partition coefficient (Wildman–Crippen LogP) is 5.86. The van der Waals surface area contributed by atoms with Crippen LogP contribution >= 0.6 is 11.6 Å². The van der Waals surface area contributed by atoms with Gasteiger partial charge in [-0.25, -0.2) is 4.98 Å². The van der Waals surface area contributed by atoms with Crippen molar-refractivity contribution in [3.8, 4) is 0 Å². The van der Waals surface area contributed by atoms with Crippen LogP contribution in [-0.2, 0) is 5.60 Å². The number of benzene rings is 1. The number of piperidine rings is 1. The summed E-state index contributed by atoms with van der Waals surface area (Å²) in [4.78, 5) is 14.7. The Morgan fingerprint density at radius 3 is 2.76 bits per heavy atom. The number of hydrogen-bond donors (Lipinski definition) is 2. The van der Waals surface area contributed by atoms with Crippen LogP contribution in [0.25, 0.3) is 11.6 Å². The number of likely N-dealkylation sites (tertiary alicyclic amines) is 1. The number of halogens is 1. The van der Waals surface area contributed by atoms with Crippen LogP contribution in [-0.4, -0.2) is 45.1 Å². The van der Waals surface area contributed by atoms with E-state index in [1.807, 2.05) is 25.3 Å². The second-order valence-corrected chi connectivity index (χ2v) is 10.3. The van der Waals surface area contributed by atoms with Crippen molar-refractivity contribution in [3.63, 3.8) is 0 Å². The number of H-pyrrole nitrogens is 1. The Labute approximate surface area is 206 Å². The van der Waals surface area contributed by atoms with Gasteiger partial charge in [0.25, 0.3) is 0 Å². The average Bonchev–Trinajstić information content (AvgIpc) is 3.36. The highest BCUT2D eigenvalue weighted by atomic mass is 35.5. The molecule has 5 nitrogen and oxygen atoms in total. The van der Waals surface area contributed by atoms with Crippen molar-refractivity contribution in [2.45, 2.75) is 50.5 Å². The van der Waals surface area contributed by atoms with Crippen LogP contribution in [0.1, 0.15) is 73.0 Å². The van der Waals surface area contributed by atoms with Gasteiger partial charge in [0, 0.05) is 23.3 Å². The Kier molecular flexibility index (Phi) is 6.61. The van der Waals surface area contributed by atoms with Gasteiger partial charge in [-0.15, -0.1) is 0 Å². The van der Waals surface area contributed by atoms with Gasteiger partial charge in [0.05, 0.1) is 17.7 Å². The molecule has 1 aromatic carbocycles. The number of aromatic nitrogens is 3. The molecule has 5 rings (SSSR count). The van der Waals surface area contributed by atoms with Crippen molar-refractivity contribution in [2.24, 2.45) is 5.92 Å². The van der Waals surface area contributed by atoms with E-state index in [9.17, 15) is 5.11 Å². The molecule has 1 saturated heterocycles. The van der Waals surface area contributed by atoms with Crippen molar-refractivity contribution in [1.29, 1.82) is 0 Å². The van der Waals surface area contributed by atoms with E-state index in [4.69, 9.17) is 16.6 Å². The topological polar surface area (TPSA) is 65.0 Å². The third-order valence-corrected chi connectivity index (χ3v) is 8.03. The van der Waals surface area contributed by atoms with Crippen molar-refractivity contribution in [2.75, 3.05) is 20.1 Å². The molecule has 0 saturated carbocycles. The fourth-order valence-corrected chi connectivity index (χ4v) is 5.87. The molecule has 0 amide bonds. The molecule has 6 heteroatoms. The Bertz CT molecular complexity index is 1170. The van der Waals surface area contributed by atoms with Gasteiger partial charge in [0.15, 0.2) is 0 Å². The fraction of sp³-hybridized carbons (Fsp3) is 0.429. The van der Waals surface area contributed by atoms with Gasteiger partial charge in [-0.2, -0.15) is 0 Å². The average molecular weight is 477 g/mol. The molecule has 2 unspecified atom stereocenters. The highest BCUT2D eigenvalue weighted by Gasteiger charge is 2.35. The van der Waals surface area contributed by atoms with Crippen LogP contribution in [0.15, 0.2) is 49.1 Å². The molecule has 3 aromatic rings. The number of imidazole rings is 1. The van der Waals surface area contributed by atoms with Crippen LogP contribution in [0.4, 0.5) is 0 Å². The SMILES string of the molecule is CCC(O)(CCC1=Cc2cc(Cl)ccc2C(C2CCN(C)CC2)c2ncccc21)c1c[nH]cn1. The van der Waals surface area contributed by atoms with Gasteiger partial charge in [-0.05, 0) is 98.6 Å². The molecule has 1 fully saturated rings. The molecule has 0 radical (unpaired) electrons. The summed E-state index contributed by atoms with van der Waals surface area (Å²) in [7, 11) is 2.21. The largest absolute Gasteiger partial charge is 0.383 e. The summed E-state index contributed by atoms with van der Waals surface area (Å²) in [5.41, 5.74) is 5.76. The monoisotopic (exact) mass is 476 g/mol. The molecular formula is C28H33ClN4O. The Morgan fingerprint density at radius 1 is 1.21 bits per heavy atom. The molecule has 2 atom stereocenters. The molecule has 178 valence electrons. The molecule has 3 heterocycles. The van der Waals surface area contributed by atoms with Gasteiger partial charge in [0.1, 0.15) is 5.60 Å². The molecule has 2 aromatic heterocycles. The smallest absolute Gasteiger partial charge is 0.108 e. The number of rotatable bonds is 6. The van der Waals surface area contributed by atoms with Gasteiger partial charge >= 0.3 is 0 Å². The number of nitrogens with one attached hydrogen (secondary N) is 1. The molecule has 0 spiro atoms. The molecule has 34 heavy (non-hydrogen) atoms. The highest BCUT2D eigenvalue weighted by Crippen LogP contribution is 2.46. The lowest BCUT2D eigenvalue weighted by Gasteiger charge is -2.35. The Balaban J connectivity index is 1.56. The summed E-state index contributed by atoms with van der Waals surface area (Å²) in [5, 5.41) is 12.1. The van der Waals surface area contributed by atoms with Gasteiger partial charge in [-0.1, -0.05) is 36.7 Å². The summed E-state index contributed by atoms with van der Waals surface area (Å²) in [6, 6.07) is 10.5. The maximum absolute atomic E-state index is 11.4. The van der Waals surface area contributed by atoms with Crippen molar-refractivity contribution >= 4 is 23.3 Å². The molecule has 0 bridgehead atoms. The van der Waals surface area contributed by atoms with E-state index in [1.165, 1.54) is 22.3 Å². The zero-order valence-electron chi connectivity index (χ0n) is 20.0. The zero-order valence-corrected chi connectivity index (χ0v) is 20.7. The van der Waals surface area contributed by atoms with Crippen LogP contribution < -0.4 is 0 Å². The maximum atomic E-state index is 11.4. The molecular weight excluding hydrogens is 444 g/mol. The number of hydrogen-bond acceptors (Lipinski definition) is 4. The van der Waals surface area contributed by atoms with Gasteiger partial charge < -0.3 is 15.0 Å². The third-order valence-electron chi connectivity index (χ3n) is 7.80. The zero-order chi connectivity index (χ0) is 23.7. The molecule has 2 aliphatic rings. The summed E-state index contributed by atoms with van der Waals surface area (Å²) < 4.78 is 0. The highest BCUT2D eigenvalue weighted by molar-refractivity contribution is 6.30. The van der Waals surface area contributed by atoms with E-state index >= 15 is 0 Å². The predicted molar refractivity (Wildman–Crippen MR) is 138 cm³/mol. The Hall–Kier alpha value is -2.47. The van der Waals surface area contributed by atoms with Crippen LogP contribution in [0.3, 0.4) is 0 Å². The van der Waals surface area contributed by atoms with E-state index in [1.54, 1.807) is 12.5 Å². The summed E-state index contributed by atoms with van der Waals surface area (Å²) in [5.74, 6) is 0.775. The first-order valence-electron chi connectivity index (χ1n) is 12.3. The number of allylic oxidation sites excluding steroid dienone is 1. The standard InChI is InChI=1S/C28H33ClN4O/c1-3-28(34,25-17-30-18-32-25)11-8-20-15-21-16-22(29)6-7-23(21)26(19-9-13-33(2)14-10-19)27-24(20)5-4-12-31-27/h4-7,12,15-19,26,34H,3,8-11,13-14H2,1-2H3,(H,30,32). The third kappa shape index (κ3) is 4.45. The maximum Gasteiger partial charge on any atom is 0.108 e. The van der Waals surface area contributed by atoms with E-state index in [2.05, 4.69) is 46.2 Å². The summed E-state index contributed by atoms with van der Waals surface area (Å²) in [6.07, 6.45) is 11.8. The summed E-state index contributed by atoms with van der Waals surface area (Å²) in [6.45, 7) is 4.23. The lowest BCUT2D eigenvalue weighted by molar-refractivity contribution is 0.0210. The van der Waals surface area contributed by atoms with E-state index < -0.39 is 5.60 Å². The van der Waals surface area contributed by atoms with E-state index in [-0.39, 0.29) is 5.92 Å². The quantitative estimate of drug-likeness (QED) is 0.467. The van der Waals surface area contributed by atoms with Crippen molar-refractivity contribution in [3.05, 3.63) is 82.2 Å². The summed E-state index contributed by atoms with van der Waals surface area (Å²) >= 11 is 6.48. The number of aliphatic hydroxyl groups is 1. The Morgan fingerprint density at radius 2 is 2.03 bits per heavy atom. The number of aromatic amines is 1. The minimum atomic E-state index is -0.972. The lowest BCUT2D eigenvalue weighted by atomic mass is 9.76. The number of fused-ring (bicyclic) bond motifs is 2. The van der Waals surface area contributed by atoms with Gasteiger partial charge in [0.2, 0.25) is 0 Å². The molecule has 1 aliphatic carbocycles. The number of pyridine rings is 1. The van der Waals surface area contributed by atoms with Crippen LogP contribution in [0.2, 0.25) is 5.02 Å². The second kappa shape index (κ2) is 9.65. The first-order valence-corrected chi connectivity index (χ1v) is 12.7. The van der Waals surface area contributed by atoms with Crippen LogP contribution in [0, 0.1) is 5.92 Å². The normalized spacial score (nSPS) is 20.7. The lowest BCUT2D eigenvalue weighted by Crippen LogP contribution is -2.33.